The van der Waals surface area contributed by atoms with Gasteiger partial charge < -0.3 is 4.98 Å². The van der Waals surface area contributed by atoms with Crippen LogP contribution in [-0.4, -0.2) is 9.97 Å². The molecule has 0 saturated carbocycles. The number of aromatic nitrogens is 2. The highest BCUT2D eigenvalue weighted by Gasteiger charge is 2.32. The molecule has 0 aliphatic carbocycles. The normalized spacial score (nSPS) is 11.9. The third-order valence-corrected chi connectivity index (χ3v) is 1.95. The first-order valence-corrected chi connectivity index (χ1v) is 4.04. The second kappa shape index (κ2) is 3.08. The molecule has 0 amide bonds. The quantitative estimate of drug-likeness (QED) is 0.728. The van der Waals surface area contributed by atoms with Crippen molar-refractivity contribution in [2.75, 3.05) is 0 Å². The number of halogens is 3. The maximum atomic E-state index is 12.5. The molecule has 0 aliphatic rings. The lowest BCUT2D eigenvalue weighted by Gasteiger charge is -2.08. The monoisotopic (exact) mass is 214 g/mol. The Labute approximate surface area is 81.6 Å². The molecular weight excluding hydrogens is 209 g/mol. The van der Waals surface area contributed by atoms with Crippen LogP contribution < -0.4 is 5.69 Å². The van der Waals surface area contributed by atoms with Gasteiger partial charge in [-0.3, -0.25) is 0 Å². The molecule has 6 heteroatoms. The Bertz CT molecular complexity index is 559. The van der Waals surface area contributed by atoms with Crippen LogP contribution in [0.3, 0.4) is 0 Å². The van der Waals surface area contributed by atoms with Crippen molar-refractivity contribution in [2.45, 2.75) is 6.18 Å². The van der Waals surface area contributed by atoms with Crippen molar-refractivity contribution in [1.29, 1.82) is 0 Å². The summed E-state index contributed by atoms with van der Waals surface area (Å²) in [4.78, 5) is 16.3. The van der Waals surface area contributed by atoms with Gasteiger partial charge in [-0.15, -0.1) is 0 Å². The molecule has 0 radical (unpaired) electrons. The molecule has 15 heavy (non-hydrogen) atoms. The highest BCUT2D eigenvalue weighted by Crippen LogP contribution is 2.32. The Morgan fingerprint density at radius 2 is 2.00 bits per heavy atom. The number of H-pyrrole nitrogens is 1. The molecule has 78 valence electrons. The molecule has 1 aromatic heterocycles. The van der Waals surface area contributed by atoms with Crippen LogP contribution in [0, 0.1) is 0 Å². The fourth-order valence-electron chi connectivity index (χ4n) is 1.32. The number of hydrogen-bond acceptors (Lipinski definition) is 2. The van der Waals surface area contributed by atoms with Crippen molar-refractivity contribution in [1.82, 2.24) is 9.97 Å². The topological polar surface area (TPSA) is 45.8 Å². The lowest BCUT2D eigenvalue weighted by atomic mass is 10.1. The number of nitrogens with one attached hydrogen (secondary N) is 1. The summed E-state index contributed by atoms with van der Waals surface area (Å²) in [6.07, 6.45) is -3.37. The number of hydrogen-bond donors (Lipinski definition) is 1. The minimum absolute atomic E-state index is 0.231. The summed E-state index contributed by atoms with van der Waals surface area (Å²) in [6, 6.07) is 3.64. The van der Waals surface area contributed by atoms with E-state index in [9.17, 15) is 18.0 Å². The van der Waals surface area contributed by atoms with Crippen LogP contribution in [0.2, 0.25) is 0 Å². The van der Waals surface area contributed by atoms with E-state index in [0.29, 0.717) is 0 Å². The highest BCUT2D eigenvalue weighted by atomic mass is 19.4. The SMILES string of the molecule is O=c1ncc2cccc(C(F)(F)F)c2[nH]1. The zero-order valence-electron chi connectivity index (χ0n) is 7.30. The smallest absolute Gasteiger partial charge is 0.305 e. The van der Waals surface area contributed by atoms with E-state index in [2.05, 4.69) is 9.97 Å². The molecule has 0 atom stereocenters. The van der Waals surface area contributed by atoms with Gasteiger partial charge >= 0.3 is 11.9 Å². The average Bonchev–Trinajstić information content (AvgIpc) is 2.15. The van der Waals surface area contributed by atoms with E-state index in [1.807, 2.05) is 0 Å². The predicted molar refractivity (Wildman–Crippen MR) is 47.4 cm³/mol. The number of fused-ring (bicyclic) bond motifs is 1. The van der Waals surface area contributed by atoms with Crippen LogP contribution in [0.15, 0.2) is 29.2 Å². The summed E-state index contributed by atoms with van der Waals surface area (Å²) in [6.45, 7) is 0. The van der Waals surface area contributed by atoms with Crippen LogP contribution in [0.4, 0.5) is 13.2 Å². The molecule has 1 N–H and O–H groups in total. The minimum Gasteiger partial charge on any atom is -0.305 e. The lowest BCUT2D eigenvalue weighted by molar-refractivity contribution is -0.136. The Morgan fingerprint density at radius 1 is 1.27 bits per heavy atom. The Kier molecular flexibility index (Phi) is 1.99. The fourth-order valence-corrected chi connectivity index (χ4v) is 1.32. The van der Waals surface area contributed by atoms with E-state index in [4.69, 9.17) is 0 Å². The molecule has 1 aromatic carbocycles. The second-order valence-corrected chi connectivity index (χ2v) is 2.96. The van der Waals surface area contributed by atoms with Crippen molar-refractivity contribution in [3.8, 4) is 0 Å². The Hall–Kier alpha value is -1.85. The average molecular weight is 214 g/mol. The zero-order valence-corrected chi connectivity index (χ0v) is 7.30. The molecular formula is C9H5F3N2O. The van der Waals surface area contributed by atoms with Crippen molar-refractivity contribution in [3.63, 3.8) is 0 Å². The molecule has 0 unspecified atom stereocenters. The molecule has 0 saturated heterocycles. The van der Waals surface area contributed by atoms with Crippen molar-refractivity contribution >= 4 is 10.9 Å². The minimum atomic E-state index is -4.48. The van der Waals surface area contributed by atoms with Gasteiger partial charge in [0.05, 0.1) is 11.1 Å². The Balaban J connectivity index is 2.86. The van der Waals surface area contributed by atoms with Gasteiger partial charge in [0.25, 0.3) is 0 Å². The van der Waals surface area contributed by atoms with Gasteiger partial charge in [-0.05, 0) is 6.07 Å². The number of nitrogens with zero attached hydrogens (tertiary/aromatic N) is 1. The lowest BCUT2D eigenvalue weighted by Crippen LogP contribution is -2.13. The third-order valence-electron chi connectivity index (χ3n) is 1.95. The third kappa shape index (κ3) is 1.70. The van der Waals surface area contributed by atoms with Crippen LogP contribution in [0.25, 0.3) is 10.9 Å². The van der Waals surface area contributed by atoms with Crippen molar-refractivity contribution in [3.05, 3.63) is 40.4 Å². The van der Waals surface area contributed by atoms with Gasteiger partial charge in [0.1, 0.15) is 0 Å². The first-order chi connectivity index (χ1) is 6.98. The first kappa shape index (κ1) is 9.70. The number of benzene rings is 1. The van der Waals surface area contributed by atoms with E-state index in [-0.39, 0.29) is 10.9 Å². The highest BCUT2D eigenvalue weighted by molar-refractivity contribution is 5.81. The molecule has 2 rings (SSSR count). The van der Waals surface area contributed by atoms with E-state index in [0.717, 1.165) is 12.3 Å². The van der Waals surface area contributed by atoms with Crippen LogP contribution >= 0.6 is 0 Å². The first-order valence-electron chi connectivity index (χ1n) is 4.04. The van der Waals surface area contributed by atoms with Gasteiger partial charge in [0.15, 0.2) is 0 Å². The summed E-state index contributed by atoms with van der Waals surface area (Å²) >= 11 is 0. The van der Waals surface area contributed by atoms with Crippen LogP contribution in [-0.2, 0) is 6.18 Å². The summed E-state index contributed by atoms with van der Waals surface area (Å²) in [5.41, 5.74) is -1.89. The zero-order chi connectivity index (χ0) is 11.1. The number of rotatable bonds is 0. The van der Waals surface area contributed by atoms with Gasteiger partial charge in [0, 0.05) is 11.6 Å². The fraction of sp³-hybridized carbons (Fsp3) is 0.111. The standard InChI is InChI=1S/C9H5F3N2O/c10-9(11,12)6-3-1-2-5-4-13-8(15)14-7(5)6/h1-4H,(H,13,14,15). The van der Waals surface area contributed by atoms with Crippen LogP contribution in [0.5, 0.6) is 0 Å². The molecule has 0 aliphatic heterocycles. The summed E-state index contributed by atoms with van der Waals surface area (Å²) in [5.74, 6) is 0. The summed E-state index contributed by atoms with van der Waals surface area (Å²) < 4.78 is 37.5. The molecule has 0 fully saturated rings. The molecule has 0 bridgehead atoms. The summed E-state index contributed by atoms with van der Waals surface area (Å²) in [7, 11) is 0. The summed E-state index contributed by atoms with van der Waals surface area (Å²) in [5, 5.41) is 0.254. The number of para-hydroxylation sites is 1. The van der Waals surface area contributed by atoms with Crippen LogP contribution in [0.1, 0.15) is 5.56 Å². The number of alkyl halides is 3. The molecule has 2 aromatic rings. The molecule has 3 nitrogen and oxygen atoms in total. The predicted octanol–water partition coefficient (Wildman–Crippen LogP) is 1.94. The second-order valence-electron chi connectivity index (χ2n) is 2.96. The Morgan fingerprint density at radius 3 is 2.67 bits per heavy atom. The molecule has 1 heterocycles. The maximum absolute atomic E-state index is 12.5. The van der Waals surface area contributed by atoms with Gasteiger partial charge in [-0.1, -0.05) is 12.1 Å². The van der Waals surface area contributed by atoms with E-state index in [1.165, 1.54) is 12.1 Å². The van der Waals surface area contributed by atoms with Gasteiger partial charge in [-0.2, -0.15) is 13.2 Å². The van der Waals surface area contributed by atoms with E-state index in [1.54, 1.807) is 0 Å². The van der Waals surface area contributed by atoms with E-state index < -0.39 is 17.4 Å². The van der Waals surface area contributed by atoms with Gasteiger partial charge in [-0.25, -0.2) is 9.78 Å². The number of aromatic amines is 1. The largest absolute Gasteiger partial charge is 0.418 e. The van der Waals surface area contributed by atoms with E-state index >= 15 is 0 Å². The van der Waals surface area contributed by atoms with Crippen molar-refractivity contribution in [2.24, 2.45) is 0 Å². The molecule has 0 spiro atoms. The maximum Gasteiger partial charge on any atom is 0.418 e. The van der Waals surface area contributed by atoms with Crippen molar-refractivity contribution < 1.29 is 13.2 Å². The van der Waals surface area contributed by atoms with Gasteiger partial charge in [0.2, 0.25) is 0 Å².